The van der Waals surface area contributed by atoms with Crippen LogP contribution in [-0.4, -0.2) is 35.1 Å². The van der Waals surface area contributed by atoms with Crippen molar-refractivity contribution in [2.45, 2.75) is 38.3 Å². The molecule has 3 N–H and O–H groups in total. The van der Waals surface area contributed by atoms with Crippen molar-refractivity contribution in [2.24, 2.45) is 5.73 Å². The molecule has 4 heteroatoms. The molecule has 0 spiro atoms. The van der Waals surface area contributed by atoms with E-state index in [2.05, 4.69) is 17.0 Å². The fourth-order valence-electron chi connectivity index (χ4n) is 2.50. The molecule has 1 unspecified atom stereocenters. The third-order valence-electron chi connectivity index (χ3n) is 3.65. The molecule has 0 aromatic heterocycles. The van der Waals surface area contributed by atoms with Gasteiger partial charge in [0.25, 0.3) is 0 Å². The summed E-state index contributed by atoms with van der Waals surface area (Å²) in [5.41, 5.74) is 7.80. The first-order valence-electron chi connectivity index (χ1n) is 6.94. The van der Waals surface area contributed by atoms with Crippen LogP contribution in [-0.2, 0) is 17.8 Å². The number of piperidine rings is 1. The summed E-state index contributed by atoms with van der Waals surface area (Å²) in [4.78, 5) is 13.2. The van der Waals surface area contributed by atoms with Gasteiger partial charge in [-0.1, -0.05) is 30.7 Å². The van der Waals surface area contributed by atoms with Crippen molar-refractivity contribution in [1.82, 2.24) is 4.90 Å². The molecule has 1 aliphatic rings. The highest BCUT2D eigenvalue weighted by Gasteiger charge is 2.13. The van der Waals surface area contributed by atoms with Crippen LogP contribution >= 0.6 is 0 Å². The molecule has 0 aliphatic carbocycles. The third kappa shape index (κ3) is 4.33. The normalized spacial score (nSPS) is 18.2. The quantitative estimate of drug-likeness (QED) is 0.846. The highest BCUT2D eigenvalue weighted by atomic mass is 16.4. The van der Waals surface area contributed by atoms with E-state index in [9.17, 15) is 4.79 Å². The van der Waals surface area contributed by atoms with Gasteiger partial charge in [0.2, 0.25) is 0 Å². The summed E-state index contributed by atoms with van der Waals surface area (Å²) in [6, 6.07) is 7.33. The van der Waals surface area contributed by atoms with Crippen molar-refractivity contribution >= 4 is 5.97 Å². The molecule has 0 amide bonds. The van der Waals surface area contributed by atoms with Crippen molar-refractivity contribution in [1.29, 1.82) is 0 Å². The van der Waals surface area contributed by atoms with Gasteiger partial charge in [0.15, 0.2) is 0 Å². The molecule has 1 aromatic rings. The SMILES string of the molecule is NC(Cc1ccc(CN2CCCCC2)cc1)C(=O)O. The number of carboxylic acids is 1. The molecular weight excluding hydrogens is 240 g/mol. The van der Waals surface area contributed by atoms with Crippen LogP contribution in [0, 0.1) is 0 Å². The van der Waals surface area contributed by atoms with Crippen molar-refractivity contribution in [3.05, 3.63) is 35.4 Å². The predicted molar refractivity (Wildman–Crippen MR) is 74.9 cm³/mol. The first-order chi connectivity index (χ1) is 9.15. The second kappa shape index (κ2) is 6.68. The molecule has 104 valence electrons. The first kappa shape index (κ1) is 14.0. The van der Waals surface area contributed by atoms with Crippen LogP contribution in [0.15, 0.2) is 24.3 Å². The molecule has 4 nitrogen and oxygen atoms in total. The number of nitrogens with zero attached hydrogens (tertiary/aromatic N) is 1. The second-order valence-corrected chi connectivity index (χ2v) is 5.30. The minimum atomic E-state index is -0.947. The van der Waals surface area contributed by atoms with Gasteiger partial charge in [-0.3, -0.25) is 9.69 Å². The average molecular weight is 262 g/mol. The number of carboxylic acid groups (broad SMARTS) is 1. The second-order valence-electron chi connectivity index (χ2n) is 5.30. The molecule has 1 fully saturated rings. The molecule has 1 saturated heterocycles. The Morgan fingerprint density at radius 3 is 2.32 bits per heavy atom. The lowest BCUT2D eigenvalue weighted by atomic mass is 10.0. The van der Waals surface area contributed by atoms with Crippen molar-refractivity contribution in [2.75, 3.05) is 13.1 Å². The summed E-state index contributed by atoms with van der Waals surface area (Å²) in [6.45, 7) is 3.36. The van der Waals surface area contributed by atoms with Crippen LogP contribution in [0.2, 0.25) is 0 Å². The van der Waals surface area contributed by atoms with E-state index in [1.165, 1.54) is 37.9 Å². The number of nitrogens with two attached hydrogens (primary N) is 1. The van der Waals surface area contributed by atoms with Crippen LogP contribution in [0.25, 0.3) is 0 Å². The maximum Gasteiger partial charge on any atom is 0.320 e. The van der Waals surface area contributed by atoms with Crippen LogP contribution in [0.3, 0.4) is 0 Å². The molecule has 0 radical (unpaired) electrons. The molecular formula is C15H22N2O2. The van der Waals surface area contributed by atoms with Crippen molar-refractivity contribution in [3.8, 4) is 0 Å². The van der Waals surface area contributed by atoms with E-state index in [0.717, 1.165) is 12.1 Å². The van der Waals surface area contributed by atoms with Gasteiger partial charge in [-0.05, 0) is 43.5 Å². The fourth-order valence-corrected chi connectivity index (χ4v) is 2.50. The van der Waals surface area contributed by atoms with Crippen LogP contribution < -0.4 is 5.73 Å². The van der Waals surface area contributed by atoms with E-state index in [1.54, 1.807) is 0 Å². The Morgan fingerprint density at radius 2 is 1.74 bits per heavy atom. The molecule has 1 heterocycles. The topological polar surface area (TPSA) is 66.6 Å². The molecule has 1 aromatic carbocycles. The third-order valence-corrected chi connectivity index (χ3v) is 3.65. The van der Waals surface area contributed by atoms with E-state index in [0.29, 0.717) is 6.42 Å². The number of benzene rings is 1. The Balaban J connectivity index is 1.88. The monoisotopic (exact) mass is 262 g/mol. The molecule has 19 heavy (non-hydrogen) atoms. The molecule has 0 saturated carbocycles. The van der Waals surface area contributed by atoms with Gasteiger partial charge in [-0.15, -0.1) is 0 Å². The Hall–Kier alpha value is -1.39. The van der Waals surface area contributed by atoms with Gasteiger partial charge in [-0.25, -0.2) is 0 Å². The zero-order valence-corrected chi connectivity index (χ0v) is 11.2. The van der Waals surface area contributed by atoms with Crippen LogP contribution in [0.5, 0.6) is 0 Å². The zero-order chi connectivity index (χ0) is 13.7. The zero-order valence-electron chi connectivity index (χ0n) is 11.2. The maximum absolute atomic E-state index is 10.7. The number of hydrogen-bond acceptors (Lipinski definition) is 3. The fraction of sp³-hybridized carbons (Fsp3) is 0.533. The van der Waals surface area contributed by atoms with Gasteiger partial charge in [0.05, 0.1) is 0 Å². The summed E-state index contributed by atoms with van der Waals surface area (Å²) >= 11 is 0. The van der Waals surface area contributed by atoms with E-state index in [-0.39, 0.29) is 0 Å². The van der Waals surface area contributed by atoms with E-state index >= 15 is 0 Å². The van der Waals surface area contributed by atoms with Gasteiger partial charge in [0, 0.05) is 6.54 Å². The van der Waals surface area contributed by atoms with E-state index in [1.807, 2.05) is 12.1 Å². The Kier molecular flexibility index (Phi) is 4.93. The lowest BCUT2D eigenvalue weighted by Gasteiger charge is -2.26. The van der Waals surface area contributed by atoms with Crippen LogP contribution in [0.1, 0.15) is 30.4 Å². The van der Waals surface area contributed by atoms with Crippen LogP contribution in [0.4, 0.5) is 0 Å². The Bertz CT molecular complexity index is 411. The largest absolute Gasteiger partial charge is 0.480 e. The predicted octanol–water partition coefficient (Wildman–Crippen LogP) is 1.63. The highest BCUT2D eigenvalue weighted by molar-refractivity contribution is 5.73. The van der Waals surface area contributed by atoms with Gasteiger partial charge in [-0.2, -0.15) is 0 Å². The number of carbonyl (C=O) groups is 1. The van der Waals surface area contributed by atoms with E-state index in [4.69, 9.17) is 10.8 Å². The molecule has 2 rings (SSSR count). The molecule has 1 aliphatic heterocycles. The number of aliphatic carboxylic acids is 1. The summed E-state index contributed by atoms with van der Waals surface area (Å²) in [5, 5.41) is 8.78. The number of likely N-dealkylation sites (tertiary alicyclic amines) is 1. The van der Waals surface area contributed by atoms with Gasteiger partial charge in [0.1, 0.15) is 6.04 Å². The molecule has 0 bridgehead atoms. The Morgan fingerprint density at radius 1 is 1.16 bits per heavy atom. The summed E-state index contributed by atoms with van der Waals surface area (Å²) in [7, 11) is 0. The van der Waals surface area contributed by atoms with Gasteiger partial charge >= 0.3 is 5.97 Å². The lowest BCUT2D eigenvalue weighted by molar-refractivity contribution is -0.138. The average Bonchev–Trinajstić information content (AvgIpc) is 2.42. The van der Waals surface area contributed by atoms with E-state index < -0.39 is 12.0 Å². The minimum absolute atomic E-state index is 0.388. The minimum Gasteiger partial charge on any atom is -0.480 e. The maximum atomic E-state index is 10.7. The van der Waals surface area contributed by atoms with Gasteiger partial charge < -0.3 is 10.8 Å². The lowest BCUT2D eigenvalue weighted by Crippen LogP contribution is -2.32. The molecule has 1 atom stereocenters. The summed E-state index contributed by atoms with van der Waals surface area (Å²) in [5.74, 6) is -0.947. The Labute approximate surface area is 114 Å². The highest BCUT2D eigenvalue weighted by Crippen LogP contribution is 2.14. The smallest absolute Gasteiger partial charge is 0.320 e. The van der Waals surface area contributed by atoms with Crippen molar-refractivity contribution in [3.63, 3.8) is 0 Å². The standard InChI is InChI=1S/C15H22N2O2/c16-14(15(18)19)10-12-4-6-13(7-5-12)11-17-8-2-1-3-9-17/h4-7,14H,1-3,8-11,16H2,(H,18,19). The summed E-state index contributed by atoms with van der Waals surface area (Å²) < 4.78 is 0. The first-order valence-corrected chi connectivity index (χ1v) is 6.94. The van der Waals surface area contributed by atoms with Crippen molar-refractivity contribution < 1.29 is 9.90 Å². The number of rotatable bonds is 5. The summed E-state index contributed by atoms with van der Waals surface area (Å²) in [6.07, 6.45) is 4.33. The number of hydrogen-bond donors (Lipinski definition) is 2.